The Morgan fingerprint density at radius 2 is 1.62 bits per heavy atom. The van der Waals surface area contributed by atoms with E-state index in [1.54, 1.807) is 0 Å². The Balaban J connectivity index is 3.99. The quantitative estimate of drug-likeness (QED) is 0.444. The molecule has 2 atom stereocenters. The van der Waals surface area contributed by atoms with Crippen LogP contribution in [0.1, 0.15) is 6.42 Å². The summed E-state index contributed by atoms with van der Waals surface area (Å²) in [6.45, 7) is 0. The van der Waals surface area contributed by atoms with Crippen LogP contribution in [-0.2, 0) is 14.4 Å². The first-order chi connectivity index (χ1) is 7.34. The molecule has 0 aromatic rings. The summed E-state index contributed by atoms with van der Waals surface area (Å²) < 4.78 is 0. The lowest BCUT2D eigenvalue weighted by Crippen LogP contribution is -2.33. The highest BCUT2D eigenvalue weighted by Gasteiger charge is 2.22. The van der Waals surface area contributed by atoms with Crippen molar-refractivity contribution in [2.75, 3.05) is 11.5 Å². The second-order valence-electron chi connectivity index (χ2n) is 3.12. The maximum Gasteiger partial charge on any atom is 0.321 e. The van der Waals surface area contributed by atoms with Gasteiger partial charge >= 0.3 is 17.9 Å². The Morgan fingerprint density at radius 1 is 1.06 bits per heavy atom. The molecule has 8 heteroatoms. The van der Waals surface area contributed by atoms with Crippen molar-refractivity contribution in [1.82, 2.24) is 0 Å². The van der Waals surface area contributed by atoms with Crippen LogP contribution in [0, 0.1) is 5.92 Å². The third-order valence-corrected chi connectivity index (χ3v) is 2.94. The van der Waals surface area contributed by atoms with E-state index in [-0.39, 0.29) is 11.5 Å². The van der Waals surface area contributed by atoms with E-state index < -0.39 is 36.3 Å². The highest BCUT2D eigenvalue weighted by atomic mass is 32.2. The van der Waals surface area contributed by atoms with Gasteiger partial charge in [0, 0.05) is 11.5 Å². The number of nitrogens with two attached hydrogens (primary N) is 1. The number of thioether (sulfide) groups is 1. The second-order valence-corrected chi connectivity index (χ2v) is 4.19. The van der Waals surface area contributed by atoms with Gasteiger partial charge in [-0.25, -0.2) is 0 Å². The fourth-order valence-corrected chi connectivity index (χ4v) is 1.91. The van der Waals surface area contributed by atoms with Gasteiger partial charge in [-0.3, -0.25) is 14.4 Å². The van der Waals surface area contributed by atoms with Crippen LogP contribution < -0.4 is 5.73 Å². The monoisotopic (exact) mass is 251 g/mol. The number of carboxylic acid groups (broad SMARTS) is 3. The van der Waals surface area contributed by atoms with Gasteiger partial charge in [0.1, 0.15) is 6.04 Å². The SMILES string of the molecule is N[C@@H](CSCC(CC(=O)O)C(=O)O)C(=O)O. The summed E-state index contributed by atoms with van der Waals surface area (Å²) in [4.78, 5) is 31.3. The zero-order valence-corrected chi connectivity index (χ0v) is 9.14. The third-order valence-electron chi connectivity index (χ3n) is 1.70. The van der Waals surface area contributed by atoms with E-state index >= 15 is 0 Å². The molecule has 16 heavy (non-hydrogen) atoms. The van der Waals surface area contributed by atoms with E-state index in [0.29, 0.717) is 0 Å². The van der Waals surface area contributed by atoms with Crippen LogP contribution in [0.2, 0.25) is 0 Å². The highest BCUT2D eigenvalue weighted by molar-refractivity contribution is 7.99. The smallest absolute Gasteiger partial charge is 0.321 e. The number of aliphatic carboxylic acids is 3. The van der Waals surface area contributed by atoms with E-state index in [1.807, 2.05) is 0 Å². The first-order valence-electron chi connectivity index (χ1n) is 4.35. The maximum absolute atomic E-state index is 10.6. The van der Waals surface area contributed by atoms with Crippen molar-refractivity contribution < 1.29 is 29.7 Å². The molecule has 0 heterocycles. The largest absolute Gasteiger partial charge is 0.481 e. The Labute approximate surface area is 95.6 Å². The molecule has 0 amide bonds. The van der Waals surface area contributed by atoms with E-state index in [4.69, 9.17) is 21.1 Å². The average Bonchev–Trinajstić information content (AvgIpc) is 2.14. The predicted octanol–water partition coefficient (Wildman–Crippen LogP) is -0.693. The van der Waals surface area contributed by atoms with Gasteiger partial charge in [-0.1, -0.05) is 0 Å². The molecule has 0 radical (unpaired) electrons. The molecule has 0 saturated heterocycles. The zero-order valence-electron chi connectivity index (χ0n) is 8.33. The summed E-state index contributed by atoms with van der Waals surface area (Å²) >= 11 is 1.02. The standard InChI is InChI=1S/C8H13NO6S/c9-5(8(14)15)3-16-2-4(7(12)13)1-6(10)11/h4-5H,1-3,9H2,(H,10,11)(H,12,13)(H,14,15)/t4?,5-/m0/s1. The number of hydrogen-bond donors (Lipinski definition) is 4. The molecule has 0 rings (SSSR count). The van der Waals surface area contributed by atoms with E-state index in [0.717, 1.165) is 11.8 Å². The molecule has 0 aromatic carbocycles. The lowest BCUT2D eigenvalue weighted by molar-refractivity contribution is -0.147. The first kappa shape index (κ1) is 14.7. The fraction of sp³-hybridized carbons (Fsp3) is 0.625. The zero-order chi connectivity index (χ0) is 12.7. The van der Waals surface area contributed by atoms with Crippen LogP contribution in [0.5, 0.6) is 0 Å². The minimum atomic E-state index is -1.21. The number of carbonyl (C=O) groups is 3. The summed E-state index contributed by atoms with van der Waals surface area (Å²) in [5.41, 5.74) is 5.20. The Hall–Kier alpha value is -1.28. The van der Waals surface area contributed by atoms with Gasteiger partial charge in [0.2, 0.25) is 0 Å². The van der Waals surface area contributed by atoms with Crippen LogP contribution in [0.25, 0.3) is 0 Å². The van der Waals surface area contributed by atoms with Gasteiger partial charge in [0.15, 0.2) is 0 Å². The predicted molar refractivity (Wildman–Crippen MR) is 56.3 cm³/mol. The van der Waals surface area contributed by atoms with Crippen molar-refractivity contribution in [2.24, 2.45) is 11.7 Å². The van der Waals surface area contributed by atoms with Gasteiger partial charge in [-0.15, -0.1) is 0 Å². The Kier molecular flexibility index (Phi) is 6.50. The normalized spacial score (nSPS) is 14.1. The van der Waals surface area contributed by atoms with Crippen LogP contribution in [-0.4, -0.2) is 50.8 Å². The van der Waals surface area contributed by atoms with Crippen molar-refractivity contribution in [3.8, 4) is 0 Å². The topological polar surface area (TPSA) is 138 Å². The molecule has 0 spiro atoms. The molecular weight excluding hydrogens is 238 g/mol. The van der Waals surface area contributed by atoms with Gasteiger partial charge in [-0.05, 0) is 0 Å². The summed E-state index contributed by atoms with van der Waals surface area (Å²) in [7, 11) is 0. The summed E-state index contributed by atoms with van der Waals surface area (Å²) in [6, 6.07) is -1.07. The van der Waals surface area contributed by atoms with Crippen molar-refractivity contribution in [1.29, 1.82) is 0 Å². The molecule has 0 aliphatic carbocycles. The molecule has 0 bridgehead atoms. The fourth-order valence-electron chi connectivity index (χ4n) is 0.837. The van der Waals surface area contributed by atoms with Crippen LogP contribution in [0.3, 0.4) is 0 Å². The maximum atomic E-state index is 10.6. The molecule has 0 aliphatic rings. The molecule has 0 aliphatic heterocycles. The molecule has 0 fully saturated rings. The van der Waals surface area contributed by atoms with E-state index in [1.165, 1.54) is 0 Å². The van der Waals surface area contributed by atoms with Crippen LogP contribution in [0.4, 0.5) is 0 Å². The molecular formula is C8H13NO6S. The molecule has 92 valence electrons. The van der Waals surface area contributed by atoms with Crippen LogP contribution >= 0.6 is 11.8 Å². The highest BCUT2D eigenvalue weighted by Crippen LogP contribution is 2.13. The van der Waals surface area contributed by atoms with Gasteiger partial charge in [0.05, 0.1) is 12.3 Å². The summed E-state index contributed by atoms with van der Waals surface area (Å²) in [5.74, 6) is -4.52. The number of hydrogen-bond acceptors (Lipinski definition) is 5. The number of carboxylic acids is 3. The third kappa shape index (κ3) is 6.25. The molecule has 5 N–H and O–H groups in total. The first-order valence-corrected chi connectivity index (χ1v) is 5.50. The van der Waals surface area contributed by atoms with E-state index in [9.17, 15) is 14.4 Å². The van der Waals surface area contributed by atoms with Crippen LogP contribution in [0.15, 0.2) is 0 Å². The number of rotatable bonds is 8. The summed E-state index contributed by atoms with van der Waals surface area (Å²) in [6.07, 6.45) is -0.482. The average molecular weight is 251 g/mol. The van der Waals surface area contributed by atoms with Gasteiger partial charge in [-0.2, -0.15) is 11.8 Å². The van der Waals surface area contributed by atoms with E-state index in [2.05, 4.69) is 0 Å². The van der Waals surface area contributed by atoms with Gasteiger partial charge < -0.3 is 21.1 Å². The molecule has 0 aromatic heterocycles. The molecule has 7 nitrogen and oxygen atoms in total. The van der Waals surface area contributed by atoms with Crippen molar-refractivity contribution in [3.63, 3.8) is 0 Å². The van der Waals surface area contributed by atoms with Crippen molar-refractivity contribution >= 4 is 29.7 Å². The summed E-state index contributed by atoms with van der Waals surface area (Å²) in [5, 5.41) is 25.6. The lowest BCUT2D eigenvalue weighted by atomic mass is 10.1. The second kappa shape index (κ2) is 7.07. The molecule has 1 unspecified atom stereocenters. The van der Waals surface area contributed by atoms with Crippen molar-refractivity contribution in [2.45, 2.75) is 12.5 Å². The van der Waals surface area contributed by atoms with Gasteiger partial charge in [0.25, 0.3) is 0 Å². The van der Waals surface area contributed by atoms with Crippen molar-refractivity contribution in [3.05, 3.63) is 0 Å². The Bertz CT molecular complexity index is 282. The lowest BCUT2D eigenvalue weighted by Gasteiger charge is -2.10. The minimum Gasteiger partial charge on any atom is -0.481 e. The molecule has 0 saturated carbocycles. The Morgan fingerprint density at radius 3 is 2.00 bits per heavy atom. The minimum absolute atomic E-state index is 0.0304.